The van der Waals surface area contributed by atoms with E-state index in [0.717, 1.165) is 45.9 Å². The second-order valence-electron chi connectivity index (χ2n) is 8.73. The van der Waals surface area contributed by atoms with Gasteiger partial charge in [-0.15, -0.1) is 16.2 Å². The number of hydrogen-bond donors (Lipinski definition) is 1. The van der Waals surface area contributed by atoms with E-state index >= 15 is 0 Å². The summed E-state index contributed by atoms with van der Waals surface area (Å²) in [5.41, 5.74) is 2.28. The van der Waals surface area contributed by atoms with Crippen LogP contribution in [0.5, 0.6) is 11.5 Å². The first kappa shape index (κ1) is 23.2. The molecule has 0 aliphatic carbocycles. The van der Waals surface area contributed by atoms with Gasteiger partial charge < -0.3 is 9.84 Å². The van der Waals surface area contributed by atoms with Gasteiger partial charge in [-0.1, -0.05) is 12.5 Å². The molecule has 0 bridgehead atoms. The molecule has 2 heterocycles. The highest BCUT2D eigenvalue weighted by Gasteiger charge is 2.22. The maximum absolute atomic E-state index is 13.7. The van der Waals surface area contributed by atoms with Crippen LogP contribution in [-0.4, -0.2) is 42.0 Å². The number of hydrogen-bond acceptors (Lipinski definition) is 7. The molecule has 1 saturated heterocycles. The van der Waals surface area contributed by atoms with Crippen LogP contribution in [0.25, 0.3) is 20.5 Å². The van der Waals surface area contributed by atoms with Gasteiger partial charge in [0.05, 0.1) is 0 Å². The zero-order chi connectivity index (χ0) is 24.2. The number of phenols is 1. The van der Waals surface area contributed by atoms with Crippen molar-refractivity contribution >= 4 is 32.9 Å². The molecule has 5 rings (SSSR count). The minimum atomic E-state index is -0.106. The highest BCUT2D eigenvalue weighted by atomic mass is 32.1. The number of aromatic hydroxyl groups is 1. The number of ketones is 1. The Labute approximate surface area is 207 Å². The van der Waals surface area contributed by atoms with E-state index in [1.165, 1.54) is 30.6 Å². The predicted molar refractivity (Wildman–Crippen MR) is 140 cm³/mol. The minimum absolute atomic E-state index is 0.106. The summed E-state index contributed by atoms with van der Waals surface area (Å²) in [6.07, 6.45) is 3.83. The number of likely N-dealkylation sites (tertiary alicyclic amines) is 1. The molecule has 178 valence electrons. The average molecular weight is 487 g/mol. The number of nitroso groups, excluding NO2 is 1. The summed E-state index contributed by atoms with van der Waals surface area (Å²) in [7, 11) is 0. The number of rotatable bonds is 8. The van der Waals surface area contributed by atoms with Crippen molar-refractivity contribution < 1.29 is 14.6 Å². The number of ether oxygens (including phenoxy) is 1. The van der Waals surface area contributed by atoms with Gasteiger partial charge in [0.1, 0.15) is 23.8 Å². The average Bonchev–Trinajstić information content (AvgIpc) is 3.28. The molecule has 1 aromatic heterocycles. The van der Waals surface area contributed by atoms with Crippen LogP contribution in [0.2, 0.25) is 0 Å². The summed E-state index contributed by atoms with van der Waals surface area (Å²) in [5, 5.41) is 13.5. The lowest BCUT2D eigenvalue weighted by atomic mass is 9.97. The van der Waals surface area contributed by atoms with Crippen molar-refractivity contribution in [2.24, 2.45) is 5.18 Å². The van der Waals surface area contributed by atoms with Crippen molar-refractivity contribution in [3.05, 3.63) is 82.8 Å². The molecule has 0 atom stereocenters. The molecule has 0 amide bonds. The lowest BCUT2D eigenvalue weighted by Crippen LogP contribution is -2.33. The van der Waals surface area contributed by atoms with Crippen LogP contribution < -0.4 is 4.74 Å². The van der Waals surface area contributed by atoms with Gasteiger partial charge in [0.25, 0.3) is 0 Å². The van der Waals surface area contributed by atoms with Crippen LogP contribution in [-0.2, 0) is 0 Å². The molecule has 0 saturated carbocycles. The van der Waals surface area contributed by atoms with E-state index in [2.05, 4.69) is 10.1 Å². The van der Waals surface area contributed by atoms with Crippen molar-refractivity contribution in [2.75, 3.05) is 26.2 Å². The molecule has 3 aromatic carbocycles. The van der Waals surface area contributed by atoms with E-state index in [4.69, 9.17) is 4.74 Å². The summed E-state index contributed by atoms with van der Waals surface area (Å²) in [6.45, 7) is 3.81. The van der Waals surface area contributed by atoms with Crippen molar-refractivity contribution in [1.29, 1.82) is 0 Å². The SMILES string of the molecule is O=Nc1ccc2c(C(=O)c3ccc(OCCN4CCCCC4)cc3)c(-c3ccc(O)cc3)sc2c1. The van der Waals surface area contributed by atoms with E-state index in [0.29, 0.717) is 23.4 Å². The number of carbonyl (C=O) groups is 1. The first-order valence-corrected chi connectivity index (χ1v) is 12.6. The molecule has 6 nitrogen and oxygen atoms in total. The molecule has 0 spiro atoms. The van der Waals surface area contributed by atoms with Crippen LogP contribution >= 0.6 is 11.3 Å². The lowest BCUT2D eigenvalue weighted by molar-refractivity contribution is 0.104. The summed E-state index contributed by atoms with van der Waals surface area (Å²) < 4.78 is 6.73. The van der Waals surface area contributed by atoms with Gasteiger partial charge in [0.15, 0.2) is 5.78 Å². The summed E-state index contributed by atoms with van der Waals surface area (Å²) >= 11 is 1.43. The fraction of sp³-hybridized carbons (Fsp3) is 0.250. The molecule has 7 heteroatoms. The smallest absolute Gasteiger partial charge is 0.195 e. The van der Waals surface area contributed by atoms with Gasteiger partial charge in [0, 0.05) is 32.6 Å². The van der Waals surface area contributed by atoms with Gasteiger partial charge in [-0.25, -0.2) is 0 Å². The summed E-state index contributed by atoms with van der Waals surface area (Å²) in [6, 6.07) is 19.1. The highest BCUT2D eigenvalue weighted by Crippen LogP contribution is 2.41. The Morgan fingerprint density at radius 3 is 2.43 bits per heavy atom. The lowest BCUT2D eigenvalue weighted by Gasteiger charge is -2.26. The normalized spacial score (nSPS) is 14.2. The van der Waals surface area contributed by atoms with E-state index in [-0.39, 0.29) is 11.5 Å². The van der Waals surface area contributed by atoms with Crippen LogP contribution in [0.15, 0.2) is 71.9 Å². The zero-order valence-electron chi connectivity index (χ0n) is 19.3. The van der Waals surface area contributed by atoms with Gasteiger partial charge in [-0.2, -0.15) is 0 Å². The van der Waals surface area contributed by atoms with E-state index in [1.807, 2.05) is 12.1 Å². The Hall–Kier alpha value is -3.55. The Morgan fingerprint density at radius 2 is 1.71 bits per heavy atom. The van der Waals surface area contributed by atoms with Crippen LogP contribution in [0.3, 0.4) is 0 Å². The third kappa shape index (κ3) is 5.11. The van der Waals surface area contributed by atoms with E-state index < -0.39 is 0 Å². The van der Waals surface area contributed by atoms with Crippen LogP contribution in [0.1, 0.15) is 35.2 Å². The molecule has 4 aromatic rings. The molecule has 0 radical (unpaired) electrons. The Bertz CT molecular complexity index is 1340. The molecule has 0 unspecified atom stereocenters. The summed E-state index contributed by atoms with van der Waals surface area (Å²) in [5.74, 6) is 0.797. The zero-order valence-corrected chi connectivity index (χ0v) is 20.1. The predicted octanol–water partition coefficient (Wildman–Crippen LogP) is 6.77. The van der Waals surface area contributed by atoms with E-state index in [9.17, 15) is 14.8 Å². The van der Waals surface area contributed by atoms with Crippen molar-refractivity contribution in [1.82, 2.24) is 4.90 Å². The van der Waals surface area contributed by atoms with Gasteiger partial charge >= 0.3 is 0 Å². The standard InChI is InChI=1S/C28H26N2O4S/c31-22-9-4-20(5-10-22)28-26(24-13-8-21(29-33)18-25(24)35-28)27(32)19-6-11-23(12-7-19)34-17-16-30-14-2-1-3-15-30/h4-13,18,31H,1-3,14-17H2. The third-order valence-electron chi connectivity index (χ3n) is 6.38. The van der Waals surface area contributed by atoms with Gasteiger partial charge in [-0.05, 0) is 97.3 Å². The molecule has 1 fully saturated rings. The third-order valence-corrected chi connectivity index (χ3v) is 7.58. The molecule has 1 N–H and O–H groups in total. The van der Waals surface area contributed by atoms with Gasteiger partial charge in [-0.3, -0.25) is 9.69 Å². The molecule has 1 aliphatic rings. The Balaban J connectivity index is 1.40. The summed E-state index contributed by atoms with van der Waals surface area (Å²) in [4.78, 5) is 28.0. The number of benzene rings is 3. The fourth-order valence-corrected chi connectivity index (χ4v) is 5.74. The number of fused-ring (bicyclic) bond motifs is 1. The maximum atomic E-state index is 13.7. The van der Waals surface area contributed by atoms with Crippen molar-refractivity contribution in [3.8, 4) is 21.9 Å². The van der Waals surface area contributed by atoms with Crippen LogP contribution in [0.4, 0.5) is 5.69 Å². The largest absolute Gasteiger partial charge is 0.508 e. The number of piperidine rings is 1. The molecule has 35 heavy (non-hydrogen) atoms. The van der Waals surface area contributed by atoms with E-state index in [1.54, 1.807) is 54.6 Å². The first-order valence-electron chi connectivity index (χ1n) is 11.8. The minimum Gasteiger partial charge on any atom is -0.508 e. The number of carbonyl (C=O) groups excluding carboxylic acids is 1. The molecular weight excluding hydrogens is 460 g/mol. The second-order valence-corrected chi connectivity index (χ2v) is 9.78. The number of thiophene rings is 1. The maximum Gasteiger partial charge on any atom is 0.195 e. The Kier molecular flexibility index (Phi) is 6.88. The number of phenolic OH excluding ortho intramolecular Hbond substituents is 1. The molecular formula is C28H26N2O4S. The molecule has 1 aliphatic heterocycles. The topological polar surface area (TPSA) is 79.2 Å². The highest BCUT2D eigenvalue weighted by molar-refractivity contribution is 7.22. The number of nitrogens with zero attached hydrogens (tertiary/aromatic N) is 2. The fourth-order valence-electron chi connectivity index (χ4n) is 4.51. The van der Waals surface area contributed by atoms with Crippen molar-refractivity contribution in [3.63, 3.8) is 0 Å². The van der Waals surface area contributed by atoms with Crippen LogP contribution in [0, 0.1) is 4.91 Å². The quantitative estimate of drug-likeness (QED) is 0.220. The van der Waals surface area contributed by atoms with Gasteiger partial charge in [0.2, 0.25) is 0 Å². The monoisotopic (exact) mass is 486 g/mol. The van der Waals surface area contributed by atoms with Crippen molar-refractivity contribution in [2.45, 2.75) is 19.3 Å². The first-order chi connectivity index (χ1) is 17.1. The Morgan fingerprint density at radius 1 is 0.971 bits per heavy atom. The second kappa shape index (κ2) is 10.4.